The van der Waals surface area contributed by atoms with E-state index in [1.807, 2.05) is 18.5 Å². The van der Waals surface area contributed by atoms with Gasteiger partial charge in [0.25, 0.3) is 0 Å². The summed E-state index contributed by atoms with van der Waals surface area (Å²) in [6.45, 7) is 1.86. The van der Waals surface area contributed by atoms with Crippen LogP contribution in [0.2, 0.25) is 0 Å². The van der Waals surface area contributed by atoms with Crippen molar-refractivity contribution < 1.29 is 12.8 Å². The lowest BCUT2D eigenvalue weighted by Gasteiger charge is -2.03. The van der Waals surface area contributed by atoms with Crippen LogP contribution in [0.25, 0.3) is 10.9 Å². The Balaban J connectivity index is 2.66. The van der Waals surface area contributed by atoms with E-state index < -0.39 is 20.6 Å². The van der Waals surface area contributed by atoms with E-state index >= 15 is 0 Å². The van der Waals surface area contributed by atoms with Crippen molar-refractivity contribution in [2.24, 2.45) is 7.05 Å². The minimum atomic E-state index is -3.75. The smallest absolute Gasteiger partial charge is 0.236 e. The summed E-state index contributed by atoms with van der Waals surface area (Å²) in [6, 6.07) is 4.84. The number of hydrogen-bond donors (Lipinski definition) is 0. The molecule has 0 saturated carbocycles. The Bertz CT molecular complexity index is 691. The lowest BCUT2D eigenvalue weighted by atomic mass is 10.1. The highest BCUT2D eigenvalue weighted by molar-refractivity contribution is 8.13. The Kier molecular flexibility index (Phi) is 2.91. The SMILES string of the molecule is Cc1cc2c(F)c(CS(=O)(=O)Cl)ccc2n1C. The van der Waals surface area contributed by atoms with Crippen molar-refractivity contribution >= 4 is 30.6 Å². The van der Waals surface area contributed by atoms with E-state index in [1.54, 1.807) is 12.1 Å². The summed E-state index contributed by atoms with van der Waals surface area (Å²) >= 11 is 0. The van der Waals surface area contributed by atoms with Crippen molar-refractivity contribution in [1.82, 2.24) is 4.57 Å². The van der Waals surface area contributed by atoms with E-state index in [1.165, 1.54) is 6.07 Å². The van der Waals surface area contributed by atoms with Crippen molar-refractivity contribution in [1.29, 1.82) is 0 Å². The highest BCUT2D eigenvalue weighted by Gasteiger charge is 2.15. The second-order valence-corrected chi connectivity index (χ2v) is 6.78. The van der Waals surface area contributed by atoms with Crippen LogP contribution in [0.15, 0.2) is 18.2 Å². The highest BCUT2D eigenvalue weighted by Crippen LogP contribution is 2.25. The monoisotopic (exact) mass is 275 g/mol. The Labute approximate surface area is 103 Å². The molecule has 0 atom stereocenters. The summed E-state index contributed by atoms with van der Waals surface area (Å²) in [5, 5.41) is 0.419. The zero-order chi connectivity index (χ0) is 12.8. The van der Waals surface area contributed by atoms with Gasteiger partial charge in [0.15, 0.2) is 0 Å². The zero-order valence-corrected chi connectivity index (χ0v) is 10.9. The number of fused-ring (bicyclic) bond motifs is 1. The normalized spacial score (nSPS) is 12.2. The number of aromatic nitrogens is 1. The van der Waals surface area contributed by atoms with E-state index in [0.717, 1.165) is 11.2 Å². The van der Waals surface area contributed by atoms with Crippen molar-refractivity contribution in [3.05, 3.63) is 35.3 Å². The van der Waals surface area contributed by atoms with E-state index in [9.17, 15) is 12.8 Å². The van der Waals surface area contributed by atoms with Gasteiger partial charge in [-0.3, -0.25) is 0 Å². The van der Waals surface area contributed by atoms with Crippen LogP contribution in [-0.4, -0.2) is 13.0 Å². The second-order valence-electron chi connectivity index (χ2n) is 4.00. The third-order valence-electron chi connectivity index (χ3n) is 2.81. The Hall–Kier alpha value is -1.07. The third kappa shape index (κ3) is 2.30. The van der Waals surface area contributed by atoms with E-state index in [4.69, 9.17) is 10.7 Å². The van der Waals surface area contributed by atoms with Gasteiger partial charge in [-0.1, -0.05) is 6.07 Å². The fourth-order valence-electron chi connectivity index (χ4n) is 1.85. The van der Waals surface area contributed by atoms with Crippen LogP contribution >= 0.6 is 10.7 Å². The van der Waals surface area contributed by atoms with Gasteiger partial charge in [-0.25, -0.2) is 12.8 Å². The molecule has 6 heteroatoms. The Morgan fingerprint density at radius 1 is 1.41 bits per heavy atom. The number of aryl methyl sites for hydroxylation is 2. The molecule has 1 aromatic heterocycles. The summed E-state index contributed by atoms with van der Waals surface area (Å²) in [5.74, 6) is -1.01. The van der Waals surface area contributed by atoms with Crippen LogP contribution in [0.5, 0.6) is 0 Å². The maximum Gasteiger partial charge on any atom is 0.236 e. The molecule has 1 aromatic carbocycles. The fourth-order valence-corrected chi connectivity index (χ4v) is 2.80. The van der Waals surface area contributed by atoms with Gasteiger partial charge in [-0.2, -0.15) is 0 Å². The van der Waals surface area contributed by atoms with Crippen molar-refractivity contribution in [2.45, 2.75) is 12.7 Å². The lowest BCUT2D eigenvalue weighted by Crippen LogP contribution is -1.99. The first-order valence-electron chi connectivity index (χ1n) is 4.95. The average Bonchev–Trinajstić information content (AvgIpc) is 2.48. The van der Waals surface area contributed by atoms with Crippen molar-refractivity contribution in [3.8, 4) is 0 Å². The molecule has 1 heterocycles. The molecule has 0 saturated heterocycles. The molecule has 0 unspecified atom stereocenters. The van der Waals surface area contributed by atoms with E-state index in [0.29, 0.717) is 5.39 Å². The van der Waals surface area contributed by atoms with Gasteiger partial charge in [-0.05, 0) is 19.1 Å². The Morgan fingerprint density at radius 2 is 2.06 bits per heavy atom. The van der Waals surface area contributed by atoms with Gasteiger partial charge in [0.2, 0.25) is 9.05 Å². The molecular weight excluding hydrogens is 265 g/mol. The molecule has 0 aliphatic heterocycles. The molecule has 2 rings (SSSR count). The summed E-state index contributed by atoms with van der Waals surface area (Å²) in [6.07, 6.45) is 0. The van der Waals surface area contributed by atoms with Crippen molar-refractivity contribution in [3.63, 3.8) is 0 Å². The van der Waals surface area contributed by atoms with Crippen LogP contribution in [0.1, 0.15) is 11.3 Å². The molecule has 0 aliphatic rings. The maximum atomic E-state index is 14.1. The molecule has 0 fully saturated rings. The number of benzene rings is 1. The van der Waals surface area contributed by atoms with Gasteiger partial charge in [0.05, 0.1) is 11.3 Å². The number of rotatable bonds is 2. The quantitative estimate of drug-likeness (QED) is 0.791. The fraction of sp³-hybridized carbons (Fsp3) is 0.273. The largest absolute Gasteiger partial charge is 0.348 e. The van der Waals surface area contributed by atoms with Crippen LogP contribution in [-0.2, 0) is 21.9 Å². The van der Waals surface area contributed by atoms with E-state index in [-0.39, 0.29) is 5.56 Å². The van der Waals surface area contributed by atoms with Gasteiger partial charge in [-0.15, -0.1) is 0 Å². The van der Waals surface area contributed by atoms with Crippen molar-refractivity contribution in [2.75, 3.05) is 0 Å². The first-order valence-corrected chi connectivity index (χ1v) is 7.43. The average molecular weight is 276 g/mol. The topological polar surface area (TPSA) is 39.1 Å². The van der Waals surface area contributed by atoms with Gasteiger partial charge in [0, 0.05) is 34.4 Å². The molecule has 0 bridgehead atoms. The van der Waals surface area contributed by atoms with Crippen LogP contribution in [0.4, 0.5) is 4.39 Å². The molecule has 0 N–H and O–H groups in total. The first kappa shape index (κ1) is 12.4. The van der Waals surface area contributed by atoms with Gasteiger partial charge >= 0.3 is 0 Å². The molecule has 0 amide bonds. The molecular formula is C11H11ClFNO2S. The number of nitrogens with zero attached hydrogens (tertiary/aromatic N) is 1. The summed E-state index contributed by atoms with van der Waals surface area (Å²) in [5.41, 5.74) is 1.73. The molecule has 0 spiro atoms. The predicted octanol–water partition coefficient (Wildman–Crippen LogP) is 2.69. The molecule has 17 heavy (non-hydrogen) atoms. The molecule has 0 radical (unpaired) electrons. The summed E-state index contributed by atoms with van der Waals surface area (Å²) in [7, 11) is 3.21. The first-order chi connectivity index (χ1) is 7.79. The molecule has 2 aromatic rings. The van der Waals surface area contributed by atoms with Crippen LogP contribution in [0, 0.1) is 12.7 Å². The van der Waals surface area contributed by atoms with Gasteiger partial charge < -0.3 is 4.57 Å². The third-order valence-corrected chi connectivity index (χ3v) is 3.79. The molecule has 3 nitrogen and oxygen atoms in total. The molecule has 0 aliphatic carbocycles. The van der Waals surface area contributed by atoms with Gasteiger partial charge in [0.1, 0.15) is 5.82 Å². The second kappa shape index (κ2) is 3.99. The predicted molar refractivity (Wildman–Crippen MR) is 66.1 cm³/mol. The minimum Gasteiger partial charge on any atom is -0.348 e. The number of halogens is 2. The highest BCUT2D eigenvalue weighted by atomic mass is 35.7. The van der Waals surface area contributed by atoms with Crippen LogP contribution < -0.4 is 0 Å². The maximum absolute atomic E-state index is 14.1. The summed E-state index contributed by atoms with van der Waals surface area (Å²) < 4.78 is 37.8. The number of hydrogen-bond acceptors (Lipinski definition) is 2. The Morgan fingerprint density at radius 3 is 2.65 bits per heavy atom. The zero-order valence-electron chi connectivity index (χ0n) is 9.37. The minimum absolute atomic E-state index is 0.0955. The standard InChI is InChI=1S/C11H11ClFNO2S/c1-7-5-9-10(14(7)2)4-3-8(11(9)13)6-17(12,15)16/h3-5H,6H2,1-2H3. The van der Waals surface area contributed by atoms with Crippen LogP contribution in [0.3, 0.4) is 0 Å². The summed E-state index contributed by atoms with van der Waals surface area (Å²) in [4.78, 5) is 0. The van der Waals surface area contributed by atoms with E-state index in [2.05, 4.69) is 0 Å². The lowest BCUT2D eigenvalue weighted by molar-refractivity contribution is 0.601. The molecule has 92 valence electrons.